The first-order valence-corrected chi connectivity index (χ1v) is 8.31. The number of nitrogens with zero attached hydrogens (tertiary/aromatic N) is 1. The molecule has 0 radical (unpaired) electrons. The topological polar surface area (TPSA) is 3.01 Å². The highest BCUT2D eigenvalue weighted by Crippen LogP contribution is 2.22. The molecule has 0 bridgehead atoms. The summed E-state index contributed by atoms with van der Waals surface area (Å²) in [6.07, 6.45) is 1.02. The van der Waals surface area contributed by atoms with Crippen molar-refractivity contribution in [2.75, 3.05) is 6.54 Å². The van der Waals surface area contributed by atoms with Gasteiger partial charge in [0.05, 0.1) is 0 Å². The molecular formula is C22H19FIN. The SMILES string of the molecule is Fc1cccc(C2=[N+](Cc3ccccc3)CCc3ccccc32)c1.[I-]. The van der Waals surface area contributed by atoms with Crippen LogP contribution in [0, 0.1) is 5.82 Å². The van der Waals surface area contributed by atoms with E-state index in [9.17, 15) is 4.39 Å². The molecule has 0 amide bonds. The van der Waals surface area contributed by atoms with Gasteiger partial charge in [-0.05, 0) is 29.8 Å². The first kappa shape index (κ1) is 17.8. The van der Waals surface area contributed by atoms with Crippen molar-refractivity contribution in [1.82, 2.24) is 0 Å². The van der Waals surface area contributed by atoms with Crippen LogP contribution < -0.4 is 24.0 Å². The second-order valence-electron chi connectivity index (χ2n) is 6.17. The van der Waals surface area contributed by atoms with Crippen molar-refractivity contribution in [3.8, 4) is 0 Å². The van der Waals surface area contributed by atoms with E-state index in [4.69, 9.17) is 0 Å². The van der Waals surface area contributed by atoms with Gasteiger partial charge in [0.25, 0.3) is 0 Å². The summed E-state index contributed by atoms with van der Waals surface area (Å²) in [5.41, 5.74) is 5.88. The van der Waals surface area contributed by atoms with Crippen LogP contribution in [-0.2, 0) is 13.0 Å². The fourth-order valence-electron chi connectivity index (χ4n) is 3.44. The molecule has 0 atom stereocenters. The molecule has 0 saturated carbocycles. The summed E-state index contributed by atoms with van der Waals surface area (Å²) < 4.78 is 16.2. The Balaban J connectivity index is 0.00000182. The summed E-state index contributed by atoms with van der Waals surface area (Å²) in [7, 11) is 0. The fraction of sp³-hybridized carbons (Fsp3) is 0.136. The Morgan fingerprint density at radius 3 is 2.40 bits per heavy atom. The normalized spacial score (nSPS) is 13.2. The maximum atomic E-state index is 13.8. The molecule has 0 fully saturated rings. The lowest BCUT2D eigenvalue weighted by Crippen LogP contribution is -3.00. The molecule has 1 aliphatic rings. The minimum absolute atomic E-state index is 0. The van der Waals surface area contributed by atoms with Crippen molar-refractivity contribution in [3.05, 3.63) is 107 Å². The third-order valence-corrected chi connectivity index (χ3v) is 4.55. The Morgan fingerprint density at radius 2 is 1.60 bits per heavy atom. The lowest BCUT2D eigenvalue weighted by atomic mass is 9.92. The van der Waals surface area contributed by atoms with Gasteiger partial charge in [-0.25, -0.2) is 8.97 Å². The van der Waals surface area contributed by atoms with Crippen molar-refractivity contribution >= 4 is 5.71 Å². The van der Waals surface area contributed by atoms with E-state index in [0.29, 0.717) is 0 Å². The van der Waals surface area contributed by atoms with Crippen molar-refractivity contribution in [1.29, 1.82) is 0 Å². The Kier molecular flexibility index (Phi) is 5.63. The number of rotatable bonds is 3. The third-order valence-electron chi connectivity index (χ3n) is 4.55. The smallest absolute Gasteiger partial charge is 0.215 e. The monoisotopic (exact) mass is 443 g/mol. The van der Waals surface area contributed by atoms with E-state index >= 15 is 0 Å². The molecule has 1 nitrogen and oxygen atoms in total. The van der Waals surface area contributed by atoms with E-state index in [1.165, 1.54) is 22.8 Å². The maximum Gasteiger partial charge on any atom is 0.215 e. The van der Waals surface area contributed by atoms with Gasteiger partial charge in [-0.15, -0.1) is 0 Å². The van der Waals surface area contributed by atoms with E-state index in [-0.39, 0.29) is 29.8 Å². The van der Waals surface area contributed by atoms with Gasteiger partial charge in [0.1, 0.15) is 12.4 Å². The number of hydrogen-bond acceptors (Lipinski definition) is 0. The summed E-state index contributed by atoms with van der Waals surface area (Å²) in [6, 6.07) is 25.8. The van der Waals surface area contributed by atoms with E-state index in [1.807, 2.05) is 12.1 Å². The molecular weight excluding hydrogens is 424 g/mol. The molecule has 3 aromatic carbocycles. The van der Waals surface area contributed by atoms with Gasteiger partial charge in [-0.2, -0.15) is 0 Å². The van der Waals surface area contributed by atoms with Crippen LogP contribution in [-0.4, -0.2) is 16.8 Å². The molecule has 0 saturated heterocycles. The Hall–Kier alpha value is -2.01. The second kappa shape index (κ2) is 7.91. The van der Waals surface area contributed by atoms with Crippen molar-refractivity contribution < 1.29 is 32.9 Å². The first-order chi connectivity index (χ1) is 11.8. The van der Waals surface area contributed by atoms with Crippen LogP contribution in [0.1, 0.15) is 22.3 Å². The molecule has 25 heavy (non-hydrogen) atoms. The molecule has 0 aliphatic carbocycles. The Morgan fingerprint density at radius 1 is 0.840 bits per heavy atom. The average molecular weight is 443 g/mol. The first-order valence-electron chi connectivity index (χ1n) is 8.31. The molecule has 3 aromatic rings. The highest BCUT2D eigenvalue weighted by atomic mass is 127. The van der Waals surface area contributed by atoms with Crippen molar-refractivity contribution in [3.63, 3.8) is 0 Å². The largest absolute Gasteiger partial charge is 1.00 e. The predicted molar refractivity (Wildman–Crippen MR) is 95.0 cm³/mol. The molecule has 0 unspecified atom stereocenters. The van der Waals surface area contributed by atoms with Crippen LogP contribution in [0.25, 0.3) is 0 Å². The molecule has 1 heterocycles. The Labute approximate surface area is 164 Å². The van der Waals surface area contributed by atoms with Gasteiger partial charge >= 0.3 is 0 Å². The zero-order valence-electron chi connectivity index (χ0n) is 13.8. The fourth-order valence-corrected chi connectivity index (χ4v) is 3.44. The number of fused-ring (bicyclic) bond motifs is 1. The van der Waals surface area contributed by atoms with Crippen LogP contribution in [0.5, 0.6) is 0 Å². The number of benzene rings is 3. The van der Waals surface area contributed by atoms with Gasteiger partial charge in [0, 0.05) is 23.1 Å². The summed E-state index contributed by atoms with van der Waals surface area (Å²) in [5.74, 6) is -0.192. The van der Waals surface area contributed by atoms with Crippen LogP contribution >= 0.6 is 0 Å². The summed E-state index contributed by atoms with van der Waals surface area (Å²) in [5, 5.41) is 0. The highest BCUT2D eigenvalue weighted by Gasteiger charge is 2.27. The number of hydrogen-bond donors (Lipinski definition) is 0. The van der Waals surface area contributed by atoms with E-state index in [2.05, 4.69) is 53.1 Å². The van der Waals surface area contributed by atoms with Crippen LogP contribution in [0.15, 0.2) is 78.9 Å². The van der Waals surface area contributed by atoms with Crippen molar-refractivity contribution in [2.45, 2.75) is 13.0 Å². The average Bonchev–Trinajstić information content (AvgIpc) is 2.62. The summed E-state index contributed by atoms with van der Waals surface area (Å²) in [4.78, 5) is 0. The maximum absolute atomic E-state index is 13.8. The van der Waals surface area contributed by atoms with E-state index in [0.717, 1.165) is 30.8 Å². The quantitative estimate of drug-likeness (QED) is 0.426. The molecule has 0 spiro atoms. The van der Waals surface area contributed by atoms with Gasteiger partial charge in [-0.3, -0.25) is 0 Å². The predicted octanol–water partition coefficient (Wildman–Crippen LogP) is 1.44. The molecule has 4 rings (SSSR count). The lowest BCUT2D eigenvalue weighted by molar-refractivity contribution is -0.544. The summed E-state index contributed by atoms with van der Waals surface area (Å²) >= 11 is 0. The van der Waals surface area contributed by atoms with Crippen LogP contribution in [0.2, 0.25) is 0 Å². The van der Waals surface area contributed by atoms with E-state index < -0.39 is 0 Å². The molecule has 3 heteroatoms. The minimum Gasteiger partial charge on any atom is -1.00 e. The zero-order chi connectivity index (χ0) is 16.4. The van der Waals surface area contributed by atoms with Crippen LogP contribution in [0.4, 0.5) is 4.39 Å². The zero-order valence-corrected chi connectivity index (χ0v) is 16.0. The molecule has 1 aliphatic heterocycles. The molecule has 0 N–H and O–H groups in total. The minimum atomic E-state index is -0.192. The van der Waals surface area contributed by atoms with Gasteiger partial charge in [-0.1, -0.05) is 54.6 Å². The molecule has 0 aromatic heterocycles. The van der Waals surface area contributed by atoms with E-state index in [1.54, 1.807) is 12.1 Å². The van der Waals surface area contributed by atoms with Gasteiger partial charge < -0.3 is 24.0 Å². The molecule has 126 valence electrons. The van der Waals surface area contributed by atoms with Gasteiger partial charge in [0.15, 0.2) is 6.54 Å². The third kappa shape index (κ3) is 3.82. The van der Waals surface area contributed by atoms with Crippen LogP contribution in [0.3, 0.4) is 0 Å². The standard InChI is InChI=1S/C22H19FN.HI/c23-20-11-6-10-19(15-20)22-21-12-5-4-9-18(21)13-14-24(22)16-17-7-2-1-3-8-17;/h1-12,15H,13-14,16H2;1H/q+1;/p-1. The van der Waals surface area contributed by atoms with Crippen molar-refractivity contribution in [2.24, 2.45) is 0 Å². The van der Waals surface area contributed by atoms with Gasteiger partial charge in [0.2, 0.25) is 5.71 Å². The highest BCUT2D eigenvalue weighted by molar-refractivity contribution is 6.10. The lowest BCUT2D eigenvalue weighted by Gasteiger charge is -2.19. The number of halogens is 2. The second-order valence-corrected chi connectivity index (χ2v) is 6.17. The Bertz CT molecular complexity index is 903. The summed E-state index contributed by atoms with van der Waals surface area (Å²) in [6.45, 7) is 1.78.